The zero-order valence-corrected chi connectivity index (χ0v) is 15.3. The van der Waals surface area contributed by atoms with E-state index in [0.29, 0.717) is 6.54 Å². The molecule has 0 radical (unpaired) electrons. The van der Waals surface area contributed by atoms with Crippen molar-refractivity contribution >= 4 is 10.0 Å². The van der Waals surface area contributed by atoms with Gasteiger partial charge in [0.15, 0.2) is 0 Å². The molecule has 2 rings (SSSR count). The number of rotatable bonds is 7. The highest BCUT2D eigenvalue weighted by Crippen LogP contribution is 2.35. The Hall–Kier alpha value is -0.980. The molecule has 6 heteroatoms. The van der Waals surface area contributed by atoms with Gasteiger partial charge in [-0.3, -0.25) is 4.98 Å². The van der Waals surface area contributed by atoms with Gasteiger partial charge in [0.05, 0.1) is 23.6 Å². The molecule has 0 fully saturated rings. The first-order chi connectivity index (χ1) is 10.8. The van der Waals surface area contributed by atoms with Crippen LogP contribution in [-0.4, -0.2) is 43.2 Å². The number of aromatic nitrogens is 1. The second-order valence-electron chi connectivity index (χ2n) is 6.74. The fraction of sp³-hybridized carbons (Fsp3) is 0.706. The molecule has 0 N–H and O–H groups in total. The second kappa shape index (κ2) is 7.73. The first kappa shape index (κ1) is 18.4. The predicted octanol–water partition coefficient (Wildman–Crippen LogP) is 2.78. The van der Waals surface area contributed by atoms with Crippen LogP contribution in [0.3, 0.4) is 0 Å². The maximum atomic E-state index is 13.0. The van der Waals surface area contributed by atoms with Crippen LogP contribution in [0.15, 0.2) is 18.3 Å². The van der Waals surface area contributed by atoms with Crippen LogP contribution in [0.5, 0.6) is 0 Å². The Morgan fingerprint density at radius 2 is 2.13 bits per heavy atom. The van der Waals surface area contributed by atoms with Gasteiger partial charge in [0.25, 0.3) is 0 Å². The lowest BCUT2D eigenvalue weighted by Gasteiger charge is -2.35. The minimum absolute atomic E-state index is 0.00882. The highest BCUT2D eigenvalue weighted by molar-refractivity contribution is 7.89. The summed E-state index contributed by atoms with van der Waals surface area (Å²) in [5.41, 5.74) is 2.10. The molecule has 0 unspecified atom stereocenters. The number of ether oxygens (including phenoxy) is 1. The Labute approximate surface area is 140 Å². The van der Waals surface area contributed by atoms with Gasteiger partial charge in [0.2, 0.25) is 10.0 Å². The number of methoxy groups -OCH3 is 1. The van der Waals surface area contributed by atoms with E-state index in [2.05, 4.69) is 11.1 Å². The molecule has 5 nitrogen and oxygen atoms in total. The molecule has 1 aliphatic rings. The van der Waals surface area contributed by atoms with Crippen molar-refractivity contribution in [3.05, 3.63) is 29.6 Å². The number of fused-ring (bicyclic) bond motifs is 1. The molecule has 0 spiro atoms. The van der Waals surface area contributed by atoms with Gasteiger partial charge in [0, 0.05) is 19.9 Å². The van der Waals surface area contributed by atoms with Crippen LogP contribution in [-0.2, 0) is 21.2 Å². The molecule has 0 amide bonds. The quantitative estimate of drug-likeness (QED) is 0.766. The molecule has 2 atom stereocenters. The number of sulfonamides is 1. The molecule has 130 valence electrons. The number of nitrogens with zero attached hydrogens (tertiary/aromatic N) is 2. The minimum atomic E-state index is -3.40. The number of pyridine rings is 1. The largest absolute Gasteiger partial charge is 0.381 e. The van der Waals surface area contributed by atoms with Crippen LogP contribution >= 0.6 is 0 Å². The van der Waals surface area contributed by atoms with Crippen molar-refractivity contribution in [3.63, 3.8) is 0 Å². The lowest BCUT2D eigenvalue weighted by Crippen LogP contribution is -2.42. The summed E-state index contributed by atoms with van der Waals surface area (Å²) in [5.74, 6) is 0.270. The lowest BCUT2D eigenvalue weighted by atomic mass is 9.91. The van der Waals surface area contributed by atoms with E-state index in [4.69, 9.17) is 4.74 Å². The maximum absolute atomic E-state index is 13.0. The smallest absolute Gasteiger partial charge is 0.217 e. The Kier molecular flexibility index (Phi) is 6.17. The number of aryl methyl sites for hydroxylation is 1. The third-order valence-corrected chi connectivity index (χ3v) is 6.27. The van der Waals surface area contributed by atoms with Crippen molar-refractivity contribution in [2.45, 2.75) is 52.2 Å². The fourth-order valence-corrected chi connectivity index (χ4v) is 5.16. The number of hydrogen-bond donors (Lipinski definition) is 0. The first-order valence-electron chi connectivity index (χ1n) is 8.31. The van der Waals surface area contributed by atoms with E-state index in [-0.39, 0.29) is 23.8 Å². The molecule has 0 bridgehead atoms. The van der Waals surface area contributed by atoms with Crippen LogP contribution in [0, 0.1) is 5.92 Å². The molecule has 0 saturated carbocycles. The van der Waals surface area contributed by atoms with E-state index >= 15 is 0 Å². The summed E-state index contributed by atoms with van der Waals surface area (Å²) in [4.78, 5) is 4.50. The summed E-state index contributed by atoms with van der Waals surface area (Å²) in [6.45, 7) is 6.40. The monoisotopic (exact) mass is 340 g/mol. The second-order valence-corrected chi connectivity index (χ2v) is 8.71. The van der Waals surface area contributed by atoms with Gasteiger partial charge in [-0.05, 0) is 43.7 Å². The van der Waals surface area contributed by atoms with Crippen molar-refractivity contribution < 1.29 is 13.2 Å². The highest BCUT2D eigenvalue weighted by atomic mass is 32.2. The Bertz CT molecular complexity index is 616. The van der Waals surface area contributed by atoms with Crippen LogP contribution in [0.1, 0.15) is 50.9 Å². The van der Waals surface area contributed by atoms with Gasteiger partial charge in [-0.2, -0.15) is 4.31 Å². The molecular weight excluding hydrogens is 312 g/mol. The van der Waals surface area contributed by atoms with Crippen molar-refractivity contribution in [1.29, 1.82) is 0 Å². The number of hydrogen-bond acceptors (Lipinski definition) is 4. The molecule has 1 aromatic heterocycles. The van der Waals surface area contributed by atoms with E-state index in [9.17, 15) is 8.42 Å². The van der Waals surface area contributed by atoms with Gasteiger partial charge in [0.1, 0.15) is 0 Å². The van der Waals surface area contributed by atoms with Crippen LogP contribution in [0.2, 0.25) is 0 Å². The fourth-order valence-electron chi connectivity index (χ4n) is 3.12. The zero-order chi connectivity index (χ0) is 17.0. The molecule has 23 heavy (non-hydrogen) atoms. The topological polar surface area (TPSA) is 59.5 Å². The van der Waals surface area contributed by atoms with Gasteiger partial charge < -0.3 is 4.74 Å². The summed E-state index contributed by atoms with van der Waals surface area (Å²) >= 11 is 0. The summed E-state index contributed by atoms with van der Waals surface area (Å²) in [5, 5.41) is 0. The Morgan fingerprint density at radius 1 is 1.39 bits per heavy atom. The van der Waals surface area contributed by atoms with Gasteiger partial charge >= 0.3 is 0 Å². The van der Waals surface area contributed by atoms with E-state index in [1.807, 2.05) is 19.9 Å². The SMILES string of the molecule is CO[C@@H](C)CS(=O)(=O)N(CC(C)C)[C@@H]1CCCc2cccnc21. The van der Waals surface area contributed by atoms with E-state index in [1.54, 1.807) is 24.5 Å². The van der Waals surface area contributed by atoms with Crippen molar-refractivity contribution in [3.8, 4) is 0 Å². The summed E-state index contributed by atoms with van der Waals surface area (Å²) < 4.78 is 32.8. The summed E-state index contributed by atoms with van der Waals surface area (Å²) in [6, 6.07) is 3.83. The predicted molar refractivity (Wildman–Crippen MR) is 91.7 cm³/mol. The molecule has 0 aliphatic heterocycles. The lowest BCUT2D eigenvalue weighted by molar-refractivity contribution is 0.133. The molecule has 1 aromatic rings. The average Bonchev–Trinajstić information content (AvgIpc) is 2.51. The highest BCUT2D eigenvalue weighted by Gasteiger charge is 2.35. The third-order valence-electron chi connectivity index (χ3n) is 4.26. The van der Waals surface area contributed by atoms with Gasteiger partial charge in [-0.25, -0.2) is 8.42 Å². The summed E-state index contributed by atoms with van der Waals surface area (Å²) in [6.07, 6.45) is 4.24. The molecule has 0 aromatic carbocycles. The van der Waals surface area contributed by atoms with Crippen LogP contribution in [0.4, 0.5) is 0 Å². The van der Waals surface area contributed by atoms with Crippen molar-refractivity contribution in [2.24, 2.45) is 5.92 Å². The molecular formula is C17H28N2O3S. The maximum Gasteiger partial charge on any atom is 0.217 e. The van der Waals surface area contributed by atoms with Crippen LogP contribution < -0.4 is 0 Å². The molecule has 1 heterocycles. The molecule has 1 aliphatic carbocycles. The first-order valence-corrected chi connectivity index (χ1v) is 9.92. The molecule has 0 saturated heterocycles. The minimum Gasteiger partial charge on any atom is -0.381 e. The van der Waals surface area contributed by atoms with Crippen LogP contribution in [0.25, 0.3) is 0 Å². The third kappa shape index (κ3) is 4.52. The Morgan fingerprint density at radius 3 is 2.78 bits per heavy atom. The van der Waals surface area contributed by atoms with Crippen molar-refractivity contribution in [1.82, 2.24) is 9.29 Å². The van der Waals surface area contributed by atoms with E-state index in [0.717, 1.165) is 25.0 Å². The zero-order valence-electron chi connectivity index (χ0n) is 14.5. The average molecular weight is 340 g/mol. The van der Waals surface area contributed by atoms with Gasteiger partial charge in [-0.1, -0.05) is 19.9 Å². The normalized spacial score (nSPS) is 19.8. The van der Waals surface area contributed by atoms with Crippen molar-refractivity contribution in [2.75, 3.05) is 19.4 Å². The van der Waals surface area contributed by atoms with E-state index in [1.165, 1.54) is 5.56 Å². The van der Waals surface area contributed by atoms with E-state index < -0.39 is 10.0 Å². The standard InChI is InChI=1S/C17H28N2O3S/c1-13(2)11-19(23(20,21)12-14(3)22-4)16-9-5-7-15-8-6-10-18-17(15)16/h6,8,10,13-14,16H,5,7,9,11-12H2,1-4H3/t14-,16+/m0/s1. The Balaban J connectivity index is 2.36. The van der Waals surface area contributed by atoms with Gasteiger partial charge in [-0.15, -0.1) is 0 Å². The summed E-state index contributed by atoms with van der Waals surface area (Å²) in [7, 11) is -1.86.